The minimum atomic E-state index is -4.30. The minimum absolute atomic E-state index is 0.0760. The highest BCUT2D eigenvalue weighted by Crippen LogP contribution is 2.31. The van der Waals surface area contributed by atoms with E-state index in [-0.39, 0.29) is 25.0 Å². The Bertz CT molecular complexity index is 427. The molecule has 2 atom stereocenters. The molecule has 2 heterocycles. The smallest absolute Gasteiger partial charge is 0.372 e. The van der Waals surface area contributed by atoms with Crippen molar-refractivity contribution in [1.29, 1.82) is 0 Å². The van der Waals surface area contributed by atoms with E-state index in [0.29, 0.717) is 11.7 Å². The van der Waals surface area contributed by atoms with E-state index in [1.54, 1.807) is 11.8 Å². The van der Waals surface area contributed by atoms with Crippen LogP contribution < -0.4 is 5.32 Å². The molecule has 1 saturated heterocycles. The van der Waals surface area contributed by atoms with Gasteiger partial charge in [0.05, 0.1) is 12.5 Å². The third kappa shape index (κ3) is 4.35. The summed E-state index contributed by atoms with van der Waals surface area (Å²) in [4.78, 5) is 4.23. The Morgan fingerprint density at radius 1 is 1.45 bits per heavy atom. The third-order valence-electron chi connectivity index (χ3n) is 2.99. The number of nitrogens with zero attached hydrogens (tertiary/aromatic N) is 2. The number of hydrogen-bond donors (Lipinski definition) is 1. The summed E-state index contributed by atoms with van der Waals surface area (Å²) in [5.41, 5.74) is 0. The van der Waals surface area contributed by atoms with Gasteiger partial charge < -0.3 is 14.6 Å². The maximum absolute atomic E-state index is 11.9. The van der Waals surface area contributed by atoms with E-state index in [4.69, 9.17) is 4.52 Å². The lowest BCUT2D eigenvalue weighted by molar-refractivity contribution is -0.173. The molecule has 1 aliphatic heterocycles. The Hall–Kier alpha value is -0.800. The molecule has 0 amide bonds. The maximum Gasteiger partial charge on any atom is 0.411 e. The average molecular weight is 311 g/mol. The number of rotatable bonds is 6. The van der Waals surface area contributed by atoms with Gasteiger partial charge in [0.2, 0.25) is 5.89 Å². The zero-order valence-corrected chi connectivity index (χ0v) is 11.8. The van der Waals surface area contributed by atoms with Crippen molar-refractivity contribution in [3.8, 4) is 0 Å². The quantitative estimate of drug-likeness (QED) is 0.806. The van der Waals surface area contributed by atoms with Crippen LogP contribution in [0.4, 0.5) is 13.2 Å². The molecule has 5 nitrogen and oxygen atoms in total. The highest BCUT2D eigenvalue weighted by Gasteiger charge is 2.32. The molecule has 9 heteroatoms. The van der Waals surface area contributed by atoms with E-state index in [1.807, 2.05) is 7.05 Å². The summed E-state index contributed by atoms with van der Waals surface area (Å²) in [5, 5.41) is 6.97. The molecular weight excluding hydrogens is 295 g/mol. The Kier molecular flexibility index (Phi) is 5.28. The molecule has 2 unspecified atom stereocenters. The zero-order chi connectivity index (χ0) is 14.6. The maximum atomic E-state index is 11.9. The first-order chi connectivity index (χ1) is 9.49. The Morgan fingerprint density at radius 3 is 2.95 bits per heavy atom. The van der Waals surface area contributed by atoms with Crippen LogP contribution in [0.25, 0.3) is 0 Å². The van der Waals surface area contributed by atoms with Gasteiger partial charge in [0.15, 0.2) is 5.82 Å². The average Bonchev–Trinajstić information content (AvgIpc) is 3.01. The molecule has 1 fully saturated rings. The number of likely N-dealkylation sites (N-methyl/N-ethyl adjacent to an activating group) is 1. The van der Waals surface area contributed by atoms with Gasteiger partial charge in [0, 0.05) is 24.0 Å². The number of alkyl halides is 3. The molecule has 1 aromatic rings. The molecule has 0 saturated carbocycles. The van der Waals surface area contributed by atoms with Crippen LogP contribution in [-0.2, 0) is 11.2 Å². The largest absolute Gasteiger partial charge is 0.411 e. The molecule has 1 N–H and O–H groups in total. The van der Waals surface area contributed by atoms with Crippen LogP contribution >= 0.6 is 11.8 Å². The Morgan fingerprint density at radius 2 is 2.25 bits per heavy atom. The molecule has 114 valence electrons. The van der Waals surface area contributed by atoms with Gasteiger partial charge in [0.25, 0.3) is 0 Å². The highest BCUT2D eigenvalue weighted by molar-refractivity contribution is 7.99. The second-order valence-corrected chi connectivity index (χ2v) is 5.58. The zero-order valence-electron chi connectivity index (χ0n) is 10.9. The van der Waals surface area contributed by atoms with Gasteiger partial charge in [0.1, 0.15) is 6.61 Å². The second-order valence-electron chi connectivity index (χ2n) is 4.51. The van der Waals surface area contributed by atoms with Crippen molar-refractivity contribution in [2.75, 3.05) is 31.8 Å². The number of halogens is 3. The Balaban J connectivity index is 1.80. The summed E-state index contributed by atoms with van der Waals surface area (Å²) in [5.74, 6) is 2.96. The van der Waals surface area contributed by atoms with E-state index in [1.165, 1.54) is 0 Å². The third-order valence-corrected chi connectivity index (χ3v) is 4.18. The molecule has 0 aliphatic carbocycles. The number of hydrogen-bond acceptors (Lipinski definition) is 6. The normalized spacial score (nSPS) is 23.4. The summed E-state index contributed by atoms with van der Waals surface area (Å²) >= 11 is 1.80. The lowest BCUT2D eigenvalue weighted by Gasteiger charge is -2.13. The van der Waals surface area contributed by atoms with E-state index in [2.05, 4.69) is 20.2 Å². The van der Waals surface area contributed by atoms with Crippen LogP contribution in [0.1, 0.15) is 17.6 Å². The van der Waals surface area contributed by atoms with Crippen LogP contribution in [0.5, 0.6) is 0 Å². The van der Waals surface area contributed by atoms with Crippen molar-refractivity contribution in [2.45, 2.75) is 24.6 Å². The van der Waals surface area contributed by atoms with Crippen molar-refractivity contribution in [3.05, 3.63) is 11.7 Å². The van der Waals surface area contributed by atoms with Gasteiger partial charge in [-0.15, -0.1) is 0 Å². The fourth-order valence-electron chi connectivity index (χ4n) is 1.95. The summed E-state index contributed by atoms with van der Waals surface area (Å²) < 4.78 is 45.4. The minimum Gasteiger partial charge on any atom is -0.372 e. The van der Waals surface area contributed by atoms with E-state index < -0.39 is 12.8 Å². The predicted molar refractivity (Wildman–Crippen MR) is 67.8 cm³/mol. The number of thioether (sulfide) groups is 1. The monoisotopic (exact) mass is 311 g/mol. The van der Waals surface area contributed by atoms with E-state index in [9.17, 15) is 13.2 Å². The van der Waals surface area contributed by atoms with Gasteiger partial charge in [-0.05, 0) is 7.05 Å². The van der Waals surface area contributed by atoms with Crippen molar-refractivity contribution >= 4 is 11.8 Å². The van der Waals surface area contributed by atoms with Crippen LogP contribution in [0.15, 0.2) is 4.52 Å². The molecule has 0 bridgehead atoms. The van der Waals surface area contributed by atoms with Crippen molar-refractivity contribution in [2.24, 2.45) is 0 Å². The molecular formula is C11H16F3N3O2S. The molecule has 20 heavy (non-hydrogen) atoms. The number of aromatic nitrogens is 2. The van der Waals surface area contributed by atoms with Crippen LogP contribution in [0.3, 0.4) is 0 Å². The topological polar surface area (TPSA) is 60.2 Å². The van der Waals surface area contributed by atoms with Gasteiger partial charge in [-0.3, -0.25) is 0 Å². The van der Waals surface area contributed by atoms with Crippen LogP contribution in [0, 0.1) is 0 Å². The number of ether oxygens (including phenoxy) is 1. The predicted octanol–water partition coefficient (Wildman–Crippen LogP) is 1.61. The van der Waals surface area contributed by atoms with Crippen molar-refractivity contribution in [1.82, 2.24) is 15.5 Å². The fourth-order valence-corrected chi connectivity index (χ4v) is 3.37. The fraction of sp³-hybridized carbons (Fsp3) is 0.818. The van der Waals surface area contributed by atoms with Gasteiger partial charge in [-0.25, -0.2) is 0 Å². The number of nitrogens with one attached hydrogen (secondary N) is 1. The first kappa shape index (κ1) is 15.6. The first-order valence-corrected chi connectivity index (χ1v) is 7.37. The highest BCUT2D eigenvalue weighted by atomic mass is 32.2. The summed E-state index contributed by atoms with van der Waals surface area (Å²) in [6, 6.07) is 0.287. The summed E-state index contributed by atoms with van der Waals surface area (Å²) in [6.07, 6.45) is -4.09. The molecule has 0 radical (unpaired) electrons. The van der Waals surface area contributed by atoms with Gasteiger partial charge in [-0.1, -0.05) is 5.16 Å². The van der Waals surface area contributed by atoms with Crippen molar-refractivity contribution < 1.29 is 22.4 Å². The Labute approximate surface area is 118 Å². The van der Waals surface area contributed by atoms with Crippen LogP contribution in [-0.4, -0.2) is 54.1 Å². The molecule has 1 aromatic heterocycles. The van der Waals surface area contributed by atoms with Crippen LogP contribution in [0.2, 0.25) is 0 Å². The molecule has 2 rings (SSSR count). The first-order valence-electron chi connectivity index (χ1n) is 6.21. The summed E-state index contributed by atoms with van der Waals surface area (Å²) in [6.45, 7) is -1.33. The SMILES string of the molecule is CNC1CSCC1c1nc(CCOCC(F)(F)F)no1. The summed E-state index contributed by atoms with van der Waals surface area (Å²) in [7, 11) is 1.88. The standard InChI is InChI=1S/C11H16F3N3O2S/c1-15-8-5-20-4-7(8)10-16-9(17-19-10)2-3-18-6-11(12,13)14/h7-8,15H,2-6H2,1H3. The van der Waals surface area contributed by atoms with E-state index in [0.717, 1.165) is 11.5 Å². The van der Waals surface area contributed by atoms with E-state index >= 15 is 0 Å². The molecule has 0 aromatic carbocycles. The lowest BCUT2D eigenvalue weighted by atomic mass is 10.0. The lowest BCUT2D eigenvalue weighted by Crippen LogP contribution is -2.31. The molecule has 0 spiro atoms. The molecule has 1 aliphatic rings. The second kappa shape index (κ2) is 6.77. The van der Waals surface area contributed by atoms with Gasteiger partial charge in [-0.2, -0.15) is 29.9 Å². The van der Waals surface area contributed by atoms with Crippen molar-refractivity contribution in [3.63, 3.8) is 0 Å². The van der Waals surface area contributed by atoms with Gasteiger partial charge >= 0.3 is 6.18 Å².